The molecule has 2 rings (SSSR count). The molecule has 0 aliphatic carbocycles. The molecule has 0 saturated carbocycles. The van der Waals surface area contributed by atoms with Crippen LogP contribution in [0.3, 0.4) is 0 Å². The highest BCUT2D eigenvalue weighted by Crippen LogP contribution is 2.38. The fourth-order valence-corrected chi connectivity index (χ4v) is 1.91. The van der Waals surface area contributed by atoms with E-state index in [1.54, 1.807) is 6.92 Å². The molecule has 0 atom stereocenters. The van der Waals surface area contributed by atoms with E-state index in [0.717, 1.165) is 17.2 Å². The number of hydrogen-bond donors (Lipinski definition) is 1. The van der Waals surface area contributed by atoms with E-state index in [0.29, 0.717) is 5.56 Å². The molecule has 0 amide bonds. The number of anilines is 1. The molecule has 2 N–H and O–H groups in total. The van der Waals surface area contributed by atoms with Gasteiger partial charge in [0.2, 0.25) is 0 Å². The molecule has 18 heavy (non-hydrogen) atoms. The summed E-state index contributed by atoms with van der Waals surface area (Å²) in [5, 5.41) is 0. The SMILES string of the molecule is Cc1c(-c2ccccc2)ccc(C(F)(F)F)c1N. The monoisotopic (exact) mass is 251 g/mol. The molecular formula is C14H12F3N. The van der Waals surface area contributed by atoms with Gasteiger partial charge in [-0.3, -0.25) is 0 Å². The van der Waals surface area contributed by atoms with Gasteiger partial charge >= 0.3 is 6.18 Å². The van der Waals surface area contributed by atoms with Crippen molar-refractivity contribution in [1.82, 2.24) is 0 Å². The summed E-state index contributed by atoms with van der Waals surface area (Å²) in [5.41, 5.74) is 6.64. The maximum absolute atomic E-state index is 12.7. The smallest absolute Gasteiger partial charge is 0.398 e. The minimum atomic E-state index is -4.41. The number of benzene rings is 2. The summed E-state index contributed by atoms with van der Waals surface area (Å²) in [6.07, 6.45) is -4.41. The van der Waals surface area contributed by atoms with Crippen molar-refractivity contribution in [3.05, 3.63) is 53.6 Å². The minimum Gasteiger partial charge on any atom is -0.398 e. The van der Waals surface area contributed by atoms with Crippen molar-refractivity contribution in [1.29, 1.82) is 0 Å². The maximum atomic E-state index is 12.7. The molecule has 0 aliphatic rings. The van der Waals surface area contributed by atoms with E-state index in [4.69, 9.17) is 5.73 Å². The van der Waals surface area contributed by atoms with Crippen LogP contribution in [0.15, 0.2) is 42.5 Å². The van der Waals surface area contributed by atoms with Gasteiger partial charge in [-0.1, -0.05) is 36.4 Å². The fraction of sp³-hybridized carbons (Fsp3) is 0.143. The predicted molar refractivity (Wildman–Crippen MR) is 66.0 cm³/mol. The Morgan fingerprint density at radius 1 is 0.944 bits per heavy atom. The molecule has 94 valence electrons. The quantitative estimate of drug-likeness (QED) is 0.753. The van der Waals surface area contributed by atoms with Crippen LogP contribution in [0.1, 0.15) is 11.1 Å². The first-order valence-electron chi connectivity index (χ1n) is 5.43. The normalized spacial score (nSPS) is 11.6. The highest BCUT2D eigenvalue weighted by Gasteiger charge is 2.33. The lowest BCUT2D eigenvalue weighted by Gasteiger charge is -2.15. The van der Waals surface area contributed by atoms with E-state index >= 15 is 0 Å². The summed E-state index contributed by atoms with van der Waals surface area (Å²) >= 11 is 0. The van der Waals surface area contributed by atoms with E-state index in [2.05, 4.69) is 0 Å². The molecule has 0 radical (unpaired) electrons. The Kier molecular flexibility index (Phi) is 3.03. The van der Waals surface area contributed by atoms with E-state index in [1.807, 2.05) is 30.3 Å². The largest absolute Gasteiger partial charge is 0.418 e. The highest BCUT2D eigenvalue weighted by atomic mass is 19.4. The Hall–Kier alpha value is -1.97. The first kappa shape index (κ1) is 12.5. The summed E-state index contributed by atoms with van der Waals surface area (Å²) in [6.45, 7) is 1.60. The van der Waals surface area contributed by atoms with Crippen LogP contribution in [0, 0.1) is 6.92 Å². The first-order chi connectivity index (χ1) is 8.41. The number of hydrogen-bond acceptors (Lipinski definition) is 1. The van der Waals surface area contributed by atoms with Gasteiger partial charge in [0.25, 0.3) is 0 Å². The Balaban J connectivity index is 2.58. The van der Waals surface area contributed by atoms with Crippen LogP contribution >= 0.6 is 0 Å². The predicted octanol–water partition coefficient (Wildman–Crippen LogP) is 4.26. The van der Waals surface area contributed by atoms with Gasteiger partial charge in [0, 0.05) is 5.69 Å². The second-order valence-electron chi connectivity index (χ2n) is 4.06. The van der Waals surface area contributed by atoms with Gasteiger partial charge in [-0.2, -0.15) is 13.2 Å². The lowest BCUT2D eigenvalue weighted by atomic mass is 9.96. The Labute approximate surface area is 103 Å². The lowest BCUT2D eigenvalue weighted by molar-refractivity contribution is -0.136. The zero-order valence-corrected chi connectivity index (χ0v) is 9.75. The second-order valence-corrected chi connectivity index (χ2v) is 4.06. The van der Waals surface area contributed by atoms with Gasteiger partial charge in [0.05, 0.1) is 5.56 Å². The Bertz CT molecular complexity index is 559. The lowest BCUT2D eigenvalue weighted by Crippen LogP contribution is -2.10. The van der Waals surface area contributed by atoms with Crippen molar-refractivity contribution >= 4 is 5.69 Å². The molecule has 0 aromatic heterocycles. The van der Waals surface area contributed by atoms with Gasteiger partial charge in [0.1, 0.15) is 0 Å². The number of halogens is 3. The van der Waals surface area contributed by atoms with Crippen molar-refractivity contribution in [2.45, 2.75) is 13.1 Å². The highest BCUT2D eigenvalue weighted by molar-refractivity contribution is 5.74. The topological polar surface area (TPSA) is 26.0 Å². The summed E-state index contributed by atoms with van der Waals surface area (Å²) in [6, 6.07) is 11.7. The van der Waals surface area contributed by atoms with Crippen molar-refractivity contribution < 1.29 is 13.2 Å². The third-order valence-corrected chi connectivity index (χ3v) is 2.91. The summed E-state index contributed by atoms with van der Waals surface area (Å²) in [5.74, 6) is 0. The van der Waals surface area contributed by atoms with E-state index in [1.165, 1.54) is 6.07 Å². The van der Waals surface area contributed by atoms with Crippen LogP contribution < -0.4 is 5.73 Å². The Morgan fingerprint density at radius 2 is 1.56 bits per heavy atom. The van der Waals surface area contributed by atoms with Crippen molar-refractivity contribution in [3.8, 4) is 11.1 Å². The van der Waals surface area contributed by atoms with Gasteiger partial charge in [-0.15, -0.1) is 0 Å². The molecule has 0 aliphatic heterocycles. The van der Waals surface area contributed by atoms with E-state index < -0.39 is 11.7 Å². The van der Waals surface area contributed by atoms with E-state index in [9.17, 15) is 13.2 Å². The van der Waals surface area contributed by atoms with Crippen LogP contribution in [-0.4, -0.2) is 0 Å². The molecule has 0 unspecified atom stereocenters. The molecule has 2 aromatic carbocycles. The molecule has 0 bridgehead atoms. The van der Waals surface area contributed by atoms with Gasteiger partial charge < -0.3 is 5.73 Å². The average Bonchev–Trinajstić information content (AvgIpc) is 2.32. The van der Waals surface area contributed by atoms with Crippen molar-refractivity contribution in [2.24, 2.45) is 0 Å². The third-order valence-electron chi connectivity index (χ3n) is 2.91. The van der Waals surface area contributed by atoms with Gasteiger partial charge in [-0.25, -0.2) is 0 Å². The molecule has 0 fully saturated rings. The van der Waals surface area contributed by atoms with Crippen molar-refractivity contribution in [2.75, 3.05) is 5.73 Å². The van der Waals surface area contributed by atoms with E-state index in [-0.39, 0.29) is 5.69 Å². The number of nitrogens with two attached hydrogens (primary N) is 1. The maximum Gasteiger partial charge on any atom is 0.418 e. The molecule has 2 aromatic rings. The van der Waals surface area contributed by atoms with Crippen LogP contribution in [0.25, 0.3) is 11.1 Å². The molecule has 0 heterocycles. The van der Waals surface area contributed by atoms with Crippen LogP contribution in [0.5, 0.6) is 0 Å². The first-order valence-corrected chi connectivity index (χ1v) is 5.43. The average molecular weight is 251 g/mol. The number of rotatable bonds is 1. The standard InChI is InChI=1S/C14H12F3N/c1-9-11(10-5-3-2-4-6-10)7-8-12(13(9)18)14(15,16)17/h2-8H,18H2,1H3. The molecule has 0 spiro atoms. The van der Waals surface area contributed by atoms with Gasteiger partial charge in [0.15, 0.2) is 0 Å². The minimum absolute atomic E-state index is 0.205. The number of alkyl halides is 3. The third kappa shape index (κ3) is 2.18. The second kappa shape index (κ2) is 4.37. The fourth-order valence-electron chi connectivity index (χ4n) is 1.91. The molecule has 4 heteroatoms. The van der Waals surface area contributed by atoms with Crippen LogP contribution in [-0.2, 0) is 6.18 Å². The number of nitrogen functional groups attached to an aromatic ring is 1. The zero-order valence-electron chi connectivity index (χ0n) is 9.75. The summed E-state index contributed by atoms with van der Waals surface area (Å²) in [4.78, 5) is 0. The van der Waals surface area contributed by atoms with Gasteiger partial charge in [-0.05, 0) is 29.7 Å². The van der Waals surface area contributed by atoms with Crippen LogP contribution in [0.2, 0.25) is 0 Å². The zero-order chi connectivity index (χ0) is 13.3. The summed E-state index contributed by atoms with van der Waals surface area (Å²) < 4.78 is 38.0. The summed E-state index contributed by atoms with van der Waals surface area (Å²) in [7, 11) is 0. The van der Waals surface area contributed by atoms with Crippen molar-refractivity contribution in [3.63, 3.8) is 0 Å². The molecule has 0 saturated heterocycles. The Morgan fingerprint density at radius 3 is 2.11 bits per heavy atom. The molecule has 1 nitrogen and oxygen atoms in total. The van der Waals surface area contributed by atoms with Crippen LogP contribution in [0.4, 0.5) is 18.9 Å². The molecular weight excluding hydrogens is 239 g/mol.